The lowest BCUT2D eigenvalue weighted by atomic mass is 10.1. The smallest absolute Gasteiger partial charge is 0.378 e. The van der Waals surface area contributed by atoms with Crippen LogP contribution in [0.3, 0.4) is 0 Å². The lowest BCUT2D eigenvalue weighted by Crippen LogP contribution is -2.36. The van der Waals surface area contributed by atoms with Crippen LogP contribution in [0.2, 0.25) is 0 Å². The maximum atomic E-state index is 12.7. The van der Waals surface area contributed by atoms with E-state index >= 15 is 0 Å². The summed E-state index contributed by atoms with van der Waals surface area (Å²) in [5.74, 6) is 0. The van der Waals surface area contributed by atoms with Gasteiger partial charge in [0.05, 0.1) is 24.3 Å². The fourth-order valence-corrected chi connectivity index (χ4v) is 2.39. The van der Waals surface area contributed by atoms with Gasteiger partial charge in [-0.2, -0.15) is 13.2 Å². The predicted octanol–water partition coefficient (Wildman–Crippen LogP) is 3.09. The Hall–Kier alpha value is -1.82. The highest BCUT2D eigenvalue weighted by molar-refractivity contribution is 5.92. The van der Waals surface area contributed by atoms with Crippen molar-refractivity contribution in [3.8, 4) is 0 Å². The molecule has 6 heteroatoms. The molecule has 1 aliphatic rings. The van der Waals surface area contributed by atoms with Crippen LogP contribution in [0.15, 0.2) is 30.5 Å². The minimum atomic E-state index is -4.34. The van der Waals surface area contributed by atoms with Crippen molar-refractivity contribution in [2.45, 2.75) is 6.18 Å². The molecule has 3 rings (SSSR count). The van der Waals surface area contributed by atoms with E-state index in [4.69, 9.17) is 4.74 Å². The van der Waals surface area contributed by atoms with Crippen molar-refractivity contribution < 1.29 is 17.9 Å². The van der Waals surface area contributed by atoms with E-state index in [-0.39, 0.29) is 0 Å². The quantitative estimate of drug-likeness (QED) is 0.803. The first-order chi connectivity index (χ1) is 9.55. The second-order valence-corrected chi connectivity index (χ2v) is 4.66. The Kier molecular flexibility index (Phi) is 3.25. The zero-order valence-corrected chi connectivity index (χ0v) is 10.7. The summed E-state index contributed by atoms with van der Waals surface area (Å²) in [7, 11) is 0. The van der Waals surface area contributed by atoms with Crippen LogP contribution in [0.25, 0.3) is 10.9 Å². The van der Waals surface area contributed by atoms with Crippen LogP contribution in [-0.4, -0.2) is 31.3 Å². The molecule has 1 saturated heterocycles. The van der Waals surface area contributed by atoms with Crippen molar-refractivity contribution in [1.29, 1.82) is 0 Å². The second kappa shape index (κ2) is 4.94. The van der Waals surface area contributed by atoms with E-state index in [0.717, 1.165) is 36.3 Å². The van der Waals surface area contributed by atoms with Gasteiger partial charge in [-0.05, 0) is 18.2 Å². The average molecular weight is 282 g/mol. The molecule has 0 atom stereocenters. The van der Waals surface area contributed by atoms with Gasteiger partial charge < -0.3 is 9.64 Å². The first-order valence-corrected chi connectivity index (χ1v) is 6.34. The Morgan fingerprint density at radius 3 is 2.55 bits per heavy atom. The Balaban J connectivity index is 2.06. The number of halogens is 3. The van der Waals surface area contributed by atoms with Crippen LogP contribution in [-0.2, 0) is 10.9 Å². The number of hydrogen-bond donors (Lipinski definition) is 0. The van der Waals surface area contributed by atoms with Crippen LogP contribution in [0.4, 0.5) is 18.9 Å². The van der Waals surface area contributed by atoms with Crippen LogP contribution in [0.5, 0.6) is 0 Å². The van der Waals surface area contributed by atoms with Crippen LogP contribution < -0.4 is 4.90 Å². The van der Waals surface area contributed by atoms with Gasteiger partial charge in [-0.25, -0.2) is 0 Å². The molecule has 0 radical (unpaired) electrons. The summed E-state index contributed by atoms with van der Waals surface area (Å²) in [5, 5.41) is 0.738. The number of alkyl halides is 3. The molecule has 106 valence electrons. The largest absolute Gasteiger partial charge is 0.416 e. The number of aromatic nitrogens is 1. The normalized spacial score (nSPS) is 16.6. The fourth-order valence-electron chi connectivity index (χ4n) is 2.39. The maximum absolute atomic E-state index is 12.7. The Labute approximate surface area is 114 Å². The third kappa shape index (κ3) is 2.43. The topological polar surface area (TPSA) is 25.4 Å². The summed E-state index contributed by atoms with van der Waals surface area (Å²) in [6.07, 6.45) is -2.79. The molecule has 0 saturated carbocycles. The zero-order chi connectivity index (χ0) is 14.2. The Morgan fingerprint density at radius 1 is 1.10 bits per heavy atom. The first-order valence-electron chi connectivity index (χ1n) is 6.34. The molecule has 20 heavy (non-hydrogen) atoms. The Bertz CT molecular complexity index is 621. The van der Waals surface area contributed by atoms with Crippen molar-refractivity contribution in [2.75, 3.05) is 31.2 Å². The van der Waals surface area contributed by atoms with Gasteiger partial charge in [0.1, 0.15) is 0 Å². The zero-order valence-electron chi connectivity index (χ0n) is 10.7. The molecule has 1 aromatic heterocycles. The van der Waals surface area contributed by atoms with Crippen LogP contribution in [0, 0.1) is 0 Å². The lowest BCUT2D eigenvalue weighted by Gasteiger charge is -2.29. The van der Waals surface area contributed by atoms with Gasteiger partial charge in [0.25, 0.3) is 0 Å². The van der Waals surface area contributed by atoms with E-state index in [1.54, 1.807) is 6.20 Å². The Morgan fingerprint density at radius 2 is 1.85 bits per heavy atom. The molecular weight excluding hydrogens is 269 g/mol. The van der Waals surface area contributed by atoms with E-state index in [9.17, 15) is 13.2 Å². The molecule has 1 aromatic carbocycles. The van der Waals surface area contributed by atoms with E-state index in [1.807, 2.05) is 6.07 Å². The van der Waals surface area contributed by atoms with Crippen molar-refractivity contribution in [1.82, 2.24) is 4.98 Å². The molecular formula is C14H13F3N2O. The summed E-state index contributed by atoms with van der Waals surface area (Å²) < 4.78 is 43.4. The number of rotatable bonds is 1. The molecule has 2 aromatic rings. The number of nitrogens with zero attached hydrogens (tertiary/aromatic N) is 2. The number of pyridine rings is 1. The van der Waals surface area contributed by atoms with Crippen LogP contribution in [0.1, 0.15) is 5.56 Å². The highest BCUT2D eigenvalue weighted by atomic mass is 19.4. The SMILES string of the molecule is FC(F)(F)c1ccc2c(N3CCOCC3)ccnc2c1. The second-order valence-electron chi connectivity index (χ2n) is 4.66. The maximum Gasteiger partial charge on any atom is 0.416 e. The van der Waals surface area contributed by atoms with Gasteiger partial charge in [0, 0.05) is 30.4 Å². The van der Waals surface area contributed by atoms with Gasteiger partial charge in [-0.15, -0.1) is 0 Å². The molecule has 0 bridgehead atoms. The van der Waals surface area contributed by atoms with Gasteiger partial charge in [-0.3, -0.25) is 4.98 Å². The van der Waals surface area contributed by atoms with Crippen molar-refractivity contribution in [3.63, 3.8) is 0 Å². The van der Waals surface area contributed by atoms with Crippen molar-refractivity contribution in [3.05, 3.63) is 36.0 Å². The summed E-state index contributed by atoms with van der Waals surface area (Å²) >= 11 is 0. The molecule has 1 aliphatic heterocycles. The van der Waals surface area contributed by atoms with Crippen molar-refractivity contribution >= 4 is 16.6 Å². The number of ether oxygens (including phenoxy) is 1. The van der Waals surface area contributed by atoms with Gasteiger partial charge in [0.15, 0.2) is 0 Å². The van der Waals surface area contributed by atoms with E-state index in [0.29, 0.717) is 18.7 Å². The van der Waals surface area contributed by atoms with Crippen LogP contribution >= 0.6 is 0 Å². The number of benzene rings is 1. The predicted molar refractivity (Wildman–Crippen MR) is 69.8 cm³/mol. The van der Waals surface area contributed by atoms with E-state index in [1.165, 1.54) is 6.07 Å². The lowest BCUT2D eigenvalue weighted by molar-refractivity contribution is -0.137. The number of fused-ring (bicyclic) bond motifs is 1. The van der Waals surface area contributed by atoms with E-state index < -0.39 is 11.7 Å². The third-order valence-electron chi connectivity index (χ3n) is 3.40. The van der Waals surface area contributed by atoms with E-state index in [2.05, 4.69) is 9.88 Å². The summed E-state index contributed by atoms with van der Waals surface area (Å²) in [6, 6.07) is 5.53. The molecule has 0 amide bonds. The first kappa shape index (κ1) is 13.2. The molecule has 1 fully saturated rings. The molecule has 0 unspecified atom stereocenters. The standard InChI is InChI=1S/C14H13F3N2O/c15-14(16,17)10-1-2-11-12(9-10)18-4-3-13(11)19-5-7-20-8-6-19/h1-4,9H,5-8H2. The molecule has 0 N–H and O–H groups in total. The fraction of sp³-hybridized carbons (Fsp3) is 0.357. The minimum absolute atomic E-state index is 0.365. The monoisotopic (exact) mass is 282 g/mol. The average Bonchev–Trinajstić information content (AvgIpc) is 2.46. The molecule has 2 heterocycles. The number of morpholine rings is 1. The summed E-state index contributed by atoms with van der Waals surface area (Å²) in [5.41, 5.74) is 0.604. The van der Waals surface area contributed by atoms with Gasteiger partial charge in [0.2, 0.25) is 0 Å². The molecule has 3 nitrogen and oxygen atoms in total. The summed E-state index contributed by atoms with van der Waals surface area (Å²) in [6.45, 7) is 2.73. The van der Waals surface area contributed by atoms with Gasteiger partial charge in [-0.1, -0.05) is 6.07 Å². The minimum Gasteiger partial charge on any atom is -0.378 e. The third-order valence-corrected chi connectivity index (χ3v) is 3.40. The number of anilines is 1. The highest BCUT2D eigenvalue weighted by Crippen LogP contribution is 2.33. The number of hydrogen-bond acceptors (Lipinski definition) is 3. The summed E-state index contributed by atoms with van der Waals surface area (Å²) in [4.78, 5) is 6.16. The van der Waals surface area contributed by atoms with Crippen molar-refractivity contribution in [2.24, 2.45) is 0 Å². The highest BCUT2D eigenvalue weighted by Gasteiger charge is 2.30. The molecule has 0 aliphatic carbocycles. The molecule has 0 spiro atoms. The van der Waals surface area contributed by atoms with Gasteiger partial charge >= 0.3 is 6.18 Å².